The summed E-state index contributed by atoms with van der Waals surface area (Å²) < 4.78 is 0. The fraction of sp³-hybridized carbons (Fsp3) is 0.632. The Labute approximate surface area is 153 Å². The molecule has 136 valence electrons. The highest BCUT2D eigenvalue weighted by Crippen LogP contribution is 2.25. The fourth-order valence-electron chi connectivity index (χ4n) is 2.88. The molecule has 1 fully saturated rings. The van der Waals surface area contributed by atoms with E-state index in [0.717, 1.165) is 26.2 Å². The molecule has 0 saturated carbocycles. The van der Waals surface area contributed by atoms with Crippen LogP contribution in [0.15, 0.2) is 24.3 Å². The topological polar surface area (TPSA) is 35.6 Å². The van der Waals surface area contributed by atoms with Crippen molar-refractivity contribution in [2.45, 2.75) is 39.2 Å². The van der Waals surface area contributed by atoms with E-state index in [4.69, 9.17) is 0 Å². The van der Waals surface area contributed by atoms with Crippen LogP contribution in [0.25, 0.3) is 0 Å². The van der Waals surface area contributed by atoms with Gasteiger partial charge >= 0.3 is 0 Å². The first kappa shape index (κ1) is 20.9. The van der Waals surface area contributed by atoms with Crippen molar-refractivity contribution in [2.24, 2.45) is 0 Å². The number of piperazine rings is 1. The molecule has 24 heavy (non-hydrogen) atoms. The molecule has 4 nitrogen and oxygen atoms in total. The second-order valence-electron chi connectivity index (χ2n) is 7.59. The van der Waals surface area contributed by atoms with Gasteiger partial charge in [-0.05, 0) is 30.5 Å². The average molecular weight is 354 g/mol. The molecule has 0 bridgehead atoms. The summed E-state index contributed by atoms with van der Waals surface area (Å²) in [6.45, 7) is 12.8. The number of benzene rings is 1. The summed E-state index contributed by atoms with van der Waals surface area (Å²) in [5.74, 6) is 0.229. The second-order valence-corrected chi connectivity index (χ2v) is 7.59. The Kier molecular flexibility index (Phi) is 7.71. The Morgan fingerprint density at radius 2 is 1.75 bits per heavy atom. The number of likely N-dealkylation sites (N-methyl/N-ethyl adjacent to an activating group) is 1. The van der Waals surface area contributed by atoms with Gasteiger partial charge in [0.2, 0.25) is 5.91 Å². The van der Waals surface area contributed by atoms with Crippen LogP contribution < -0.4 is 5.32 Å². The maximum atomic E-state index is 12.4. The second kappa shape index (κ2) is 8.84. The first-order valence-corrected chi connectivity index (χ1v) is 8.58. The van der Waals surface area contributed by atoms with Gasteiger partial charge in [0, 0.05) is 32.2 Å². The first-order chi connectivity index (χ1) is 10.8. The predicted octanol–water partition coefficient (Wildman–Crippen LogP) is 2.83. The average Bonchev–Trinajstić information content (AvgIpc) is 2.54. The highest BCUT2D eigenvalue weighted by molar-refractivity contribution is 5.85. The molecule has 1 aromatic rings. The van der Waals surface area contributed by atoms with Gasteiger partial charge in [0.1, 0.15) is 0 Å². The Hall–Kier alpha value is -1.10. The van der Waals surface area contributed by atoms with Crippen LogP contribution in [-0.4, -0.2) is 55.5 Å². The highest BCUT2D eigenvalue weighted by atomic mass is 35.5. The Morgan fingerprint density at radius 3 is 2.25 bits per heavy atom. The zero-order chi connectivity index (χ0) is 17.0. The lowest BCUT2D eigenvalue weighted by molar-refractivity contribution is -0.133. The molecule has 1 unspecified atom stereocenters. The van der Waals surface area contributed by atoms with E-state index in [0.29, 0.717) is 6.54 Å². The molecule has 5 heteroatoms. The largest absolute Gasteiger partial charge is 0.339 e. The van der Waals surface area contributed by atoms with Gasteiger partial charge in [-0.2, -0.15) is 0 Å². The maximum absolute atomic E-state index is 12.4. The molecule has 1 aromatic carbocycles. The van der Waals surface area contributed by atoms with Crippen LogP contribution in [-0.2, 0) is 10.2 Å². The predicted molar refractivity (Wildman–Crippen MR) is 103 cm³/mol. The van der Waals surface area contributed by atoms with E-state index >= 15 is 0 Å². The van der Waals surface area contributed by atoms with Gasteiger partial charge in [-0.1, -0.05) is 45.0 Å². The van der Waals surface area contributed by atoms with Crippen molar-refractivity contribution >= 4 is 18.3 Å². The van der Waals surface area contributed by atoms with E-state index in [1.54, 1.807) is 0 Å². The molecule has 0 radical (unpaired) electrons. The normalized spacial score (nSPS) is 16.7. The summed E-state index contributed by atoms with van der Waals surface area (Å²) in [6.07, 6.45) is 0. The van der Waals surface area contributed by atoms with Gasteiger partial charge in [-0.3, -0.25) is 9.69 Å². The molecule has 1 saturated heterocycles. The van der Waals surface area contributed by atoms with Crippen molar-refractivity contribution in [2.75, 3.05) is 39.8 Å². The van der Waals surface area contributed by atoms with Gasteiger partial charge < -0.3 is 10.2 Å². The number of nitrogens with one attached hydrogen (secondary N) is 1. The van der Waals surface area contributed by atoms with E-state index in [1.807, 2.05) is 11.9 Å². The molecule has 1 amide bonds. The number of hydrogen-bond donors (Lipinski definition) is 1. The smallest absolute Gasteiger partial charge is 0.236 e. The number of carbonyl (C=O) groups excluding carboxylic acids is 1. The molecule has 1 aliphatic heterocycles. The Bertz CT molecular complexity index is 518. The molecule has 1 aliphatic rings. The van der Waals surface area contributed by atoms with Crippen molar-refractivity contribution in [3.05, 3.63) is 35.4 Å². The summed E-state index contributed by atoms with van der Waals surface area (Å²) in [5, 5.41) is 3.28. The lowest BCUT2D eigenvalue weighted by Gasteiger charge is -2.31. The van der Waals surface area contributed by atoms with E-state index in [2.05, 4.69) is 62.2 Å². The minimum Gasteiger partial charge on any atom is -0.339 e. The van der Waals surface area contributed by atoms with Crippen molar-refractivity contribution in [1.82, 2.24) is 15.1 Å². The van der Waals surface area contributed by atoms with Crippen LogP contribution in [0.4, 0.5) is 0 Å². The molecular formula is C19H32ClN3O. The number of hydrogen-bond acceptors (Lipinski definition) is 3. The molecule has 2 rings (SSSR count). The number of rotatable bonds is 4. The quantitative estimate of drug-likeness (QED) is 0.904. The third kappa shape index (κ3) is 5.47. The Morgan fingerprint density at radius 1 is 1.21 bits per heavy atom. The third-order valence-corrected chi connectivity index (χ3v) is 4.77. The van der Waals surface area contributed by atoms with Crippen LogP contribution >= 0.6 is 12.4 Å². The number of halogens is 1. The summed E-state index contributed by atoms with van der Waals surface area (Å²) in [4.78, 5) is 16.5. The van der Waals surface area contributed by atoms with Crippen molar-refractivity contribution in [1.29, 1.82) is 0 Å². The van der Waals surface area contributed by atoms with Gasteiger partial charge in [0.25, 0.3) is 0 Å². The van der Waals surface area contributed by atoms with Crippen molar-refractivity contribution in [3.8, 4) is 0 Å². The molecule has 1 atom stereocenters. The fourth-order valence-corrected chi connectivity index (χ4v) is 2.88. The summed E-state index contributed by atoms with van der Waals surface area (Å²) in [6, 6.07) is 9.03. The summed E-state index contributed by atoms with van der Waals surface area (Å²) in [5.41, 5.74) is 2.77. The molecule has 1 heterocycles. The Balaban J connectivity index is 0.00000288. The van der Waals surface area contributed by atoms with E-state index < -0.39 is 0 Å². The lowest BCUT2D eigenvalue weighted by atomic mass is 9.86. The van der Waals surface area contributed by atoms with Gasteiger partial charge in [0.15, 0.2) is 0 Å². The number of amides is 1. The summed E-state index contributed by atoms with van der Waals surface area (Å²) >= 11 is 0. The molecule has 1 N–H and O–H groups in total. The van der Waals surface area contributed by atoms with Crippen molar-refractivity contribution in [3.63, 3.8) is 0 Å². The van der Waals surface area contributed by atoms with Gasteiger partial charge in [-0.15, -0.1) is 12.4 Å². The van der Waals surface area contributed by atoms with Gasteiger partial charge in [0.05, 0.1) is 6.54 Å². The zero-order valence-corrected chi connectivity index (χ0v) is 16.4. The minimum absolute atomic E-state index is 0. The zero-order valence-electron chi connectivity index (χ0n) is 15.6. The van der Waals surface area contributed by atoms with E-state index in [1.165, 1.54) is 11.1 Å². The third-order valence-electron chi connectivity index (χ3n) is 4.77. The maximum Gasteiger partial charge on any atom is 0.236 e. The van der Waals surface area contributed by atoms with Crippen LogP contribution in [0.3, 0.4) is 0 Å². The monoisotopic (exact) mass is 353 g/mol. The molecule has 0 aromatic heterocycles. The molecule has 0 spiro atoms. The van der Waals surface area contributed by atoms with Gasteiger partial charge in [-0.25, -0.2) is 0 Å². The standard InChI is InChI=1S/C19H31N3O.ClH/c1-15(16-6-8-17(9-7-16)19(2,3)4)21(5)14-18(23)22-12-10-20-11-13-22;/h6-9,15,20H,10-14H2,1-5H3;1H. The SMILES string of the molecule is CC(c1ccc(C(C)(C)C)cc1)N(C)CC(=O)N1CCNCC1.Cl. The number of nitrogens with zero attached hydrogens (tertiary/aromatic N) is 2. The first-order valence-electron chi connectivity index (χ1n) is 8.58. The van der Waals surface area contributed by atoms with Crippen molar-refractivity contribution < 1.29 is 4.79 Å². The highest BCUT2D eigenvalue weighted by Gasteiger charge is 2.21. The van der Waals surface area contributed by atoms with Crippen LogP contribution in [0.5, 0.6) is 0 Å². The minimum atomic E-state index is 0. The lowest BCUT2D eigenvalue weighted by Crippen LogP contribution is -2.49. The van der Waals surface area contributed by atoms with E-state index in [-0.39, 0.29) is 29.8 Å². The molecule has 0 aliphatic carbocycles. The number of carbonyl (C=O) groups is 1. The van der Waals surface area contributed by atoms with E-state index in [9.17, 15) is 4.79 Å². The molecular weight excluding hydrogens is 322 g/mol. The van der Waals surface area contributed by atoms with Crippen LogP contribution in [0.1, 0.15) is 44.9 Å². The van der Waals surface area contributed by atoms with Crippen LogP contribution in [0.2, 0.25) is 0 Å². The summed E-state index contributed by atoms with van der Waals surface area (Å²) in [7, 11) is 2.03. The van der Waals surface area contributed by atoms with Crippen LogP contribution in [0, 0.1) is 0 Å².